The van der Waals surface area contributed by atoms with Crippen LogP contribution in [0.2, 0.25) is 0 Å². The maximum atomic E-state index is 11.5. The summed E-state index contributed by atoms with van der Waals surface area (Å²) in [7, 11) is 0. The summed E-state index contributed by atoms with van der Waals surface area (Å²) in [5.41, 5.74) is 0. The Morgan fingerprint density at radius 3 is 3.20 bits per heavy atom. The van der Waals surface area contributed by atoms with E-state index in [2.05, 4.69) is 12.6 Å². The topological polar surface area (TPSA) is 35.5 Å². The quantitative estimate of drug-likeness (QED) is 0.654. The Hall–Kier alpha value is -0.520. The minimum Gasteiger partial charge on any atom is -0.461 e. The Morgan fingerprint density at radius 2 is 2.60 bits per heavy atom. The van der Waals surface area contributed by atoms with Crippen LogP contribution < -0.4 is 0 Å². The first-order valence-corrected chi connectivity index (χ1v) is 6.11. The molecule has 0 amide bonds. The predicted molar refractivity (Wildman–Crippen MR) is 60.8 cm³/mol. The van der Waals surface area contributed by atoms with Crippen LogP contribution in [-0.2, 0) is 9.47 Å². The van der Waals surface area contributed by atoms with Gasteiger partial charge in [0.2, 0.25) is 0 Å². The lowest BCUT2D eigenvalue weighted by molar-refractivity contribution is 0.0433. The highest BCUT2D eigenvalue weighted by Crippen LogP contribution is 2.19. The standard InChI is InChI=1S/C10H12O3S2/c11-10(9-3-8(14)6-15-9)13-5-7-1-2-12-4-7/h3,6-7,14H,1-2,4-5H2. The van der Waals surface area contributed by atoms with Crippen LogP contribution in [0.4, 0.5) is 0 Å². The van der Waals surface area contributed by atoms with Crippen LogP contribution in [0.3, 0.4) is 0 Å². The van der Waals surface area contributed by atoms with Crippen molar-refractivity contribution < 1.29 is 14.3 Å². The molecular weight excluding hydrogens is 232 g/mol. The zero-order chi connectivity index (χ0) is 10.7. The number of hydrogen-bond acceptors (Lipinski definition) is 5. The van der Waals surface area contributed by atoms with Gasteiger partial charge in [-0.2, -0.15) is 0 Å². The fourth-order valence-electron chi connectivity index (χ4n) is 1.41. The summed E-state index contributed by atoms with van der Waals surface area (Å²) in [4.78, 5) is 12.9. The largest absolute Gasteiger partial charge is 0.461 e. The molecule has 82 valence electrons. The van der Waals surface area contributed by atoms with E-state index in [1.807, 2.05) is 5.38 Å². The maximum Gasteiger partial charge on any atom is 0.348 e. The summed E-state index contributed by atoms with van der Waals surface area (Å²) in [5, 5.41) is 1.82. The summed E-state index contributed by atoms with van der Waals surface area (Å²) in [6, 6.07) is 1.72. The highest BCUT2D eigenvalue weighted by atomic mass is 32.1. The number of rotatable bonds is 3. The van der Waals surface area contributed by atoms with Gasteiger partial charge in [0.15, 0.2) is 0 Å². The smallest absolute Gasteiger partial charge is 0.348 e. The van der Waals surface area contributed by atoms with E-state index in [0.717, 1.165) is 17.9 Å². The van der Waals surface area contributed by atoms with E-state index in [4.69, 9.17) is 9.47 Å². The summed E-state index contributed by atoms with van der Waals surface area (Å²) in [6.45, 7) is 1.94. The molecule has 0 spiro atoms. The lowest BCUT2D eigenvalue weighted by atomic mass is 10.1. The molecule has 2 rings (SSSR count). The Morgan fingerprint density at radius 1 is 1.73 bits per heavy atom. The summed E-state index contributed by atoms with van der Waals surface area (Å²) in [5.74, 6) is 0.108. The second-order valence-corrected chi connectivity index (χ2v) is 4.92. The molecule has 1 aromatic heterocycles. The number of carbonyl (C=O) groups excluding carboxylic acids is 1. The van der Waals surface area contributed by atoms with Crippen molar-refractivity contribution in [3.63, 3.8) is 0 Å². The molecule has 1 aromatic rings. The van der Waals surface area contributed by atoms with Crippen LogP contribution in [0.25, 0.3) is 0 Å². The van der Waals surface area contributed by atoms with Crippen molar-refractivity contribution in [1.29, 1.82) is 0 Å². The molecule has 1 unspecified atom stereocenters. The first-order valence-electron chi connectivity index (χ1n) is 4.78. The summed E-state index contributed by atoms with van der Waals surface area (Å²) >= 11 is 5.50. The Kier molecular flexibility index (Phi) is 3.66. The van der Waals surface area contributed by atoms with E-state index in [0.29, 0.717) is 24.0 Å². The molecule has 0 aliphatic carbocycles. The van der Waals surface area contributed by atoms with Crippen molar-refractivity contribution in [1.82, 2.24) is 0 Å². The second-order valence-electron chi connectivity index (χ2n) is 3.50. The van der Waals surface area contributed by atoms with E-state index in [-0.39, 0.29) is 5.97 Å². The van der Waals surface area contributed by atoms with Gasteiger partial charge in [0.25, 0.3) is 0 Å². The zero-order valence-corrected chi connectivity index (χ0v) is 9.85. The van der Waals surface area contributed by atoms with Crippen molar-refractivity contribution in [2.75, 3.05) is 19.8 Å². The van der Waals surface area contributed by atoms with Gasteiger partial charge in [-0.05, 0) is 12.5 Å². The van der Waals surface area contributed by atoms with Crippen LogP contribution in [0, 0.1) is 5.92 Å². The fourth-order valence-corrected chi connectivity index (χ4v) is 2.45. The molecule has 2 heterocycles. The molecule has 1 atom stereocenters. The number of thiol groups is 1. The van der Waals surface area contributed by atoms with E-state index < -0.39 is 0 Å². The van der Waals surface area contributed by atoms with E-state index in [9.17, 15) is 4.79 Å². The van der Waals surface area contributed by atoms with Gasteiger partial charge in [0, 0.05) is 22.8 Å². The Balaban J connectivity index is 1.81. The van der Waals surface area contributed by atoms with Crippen LogP contribution in [0.5, 0.6) is 0 Å². The third-order valence-corrected chi connectivity index (χ3v) is 3.60. The number of esters is 1. The summed E-state index contributed by atoms with van der Waals surface area (Å²) in [6.07, 6.45) is 0.982. The second kappa shape index (κ2) is 5.01. The molecular formula is C10H12O3S2. The van der Waals surface area contributed by atoms with Gasteiger partial charge in [0.1, 0.15) is 4.88 Å². The normalized spacial score (nSPS) is 20.5. The third-order valence-electron chi connectivity index (χ3n) is 2.26. The Labute approximate surface area is 97.8 Å². The first kappa shape index (κ1) is 11.0. The van der Waals surface area contributed by atoms with E-state index in [1.165, 1.54) is 11.3 Å². The predicted octanol–water partition coefficient (Wildman–Crippen LogP) is 2.23. The van der Waals surface area contributed by atoms with Crippen molar-refractivity contribution in [3.8, 4) is 0 Å². The van der Waals surface area contributed by atoms with Gasteiger partial charge < -0.3 is 9.47 Å². The lowest BCUT2D eigenvalue weighted by Crippen LogP contribution is -2.13. The SMILES string of the molecule is O=C(OCC1CCOC1)c1cc(S)cs1. The average Bonchev–Trinajstić information content (AvgIpc) is 2.84. The minimum absolute atomic E-state index is 0.257. The van der Waals surface area contributed by atoms with Crippen LogP contribution in [0.1, 0.15) is 16.1 Å². The molecule has 0 saturated carbocycles. The van der Waals surface area contributed by atoms with E-state index >= 15 is 0 Å². The van der Waals surface area contributed by atoms with Crippen molar-refractivity contribution in [2.45, 2.75) is 11.3 Å². The number of hydrogen-bond donors (Lipinski definition) is 1. The minimum atomic E-state index is -0.257. The molecule has 0 radical (unpaired) electrons. The molecule has 1 fully saturated rings. The molecule has 0 bridgehead atoms. The molecule has 0 aromatic carbocycles. The van der Waals surface area contributed by atoms with Crippen molar-refractivity contribution in [3.05, 3.63) is 16.3 Å². The van der Waals surface area contributed by atoms with Crippen molar-refractivity contribution >= 4 is 29.9 Å². The van der Waals surface area contributed by atoms with Crippen LogP contribution >= 0.6 is 24.0 Å². The van der Waals surface area contributed by atoms with Gasteiger partial charge in [-0.15, -0.1) is 24.0 Å². The molecule has 3 nitrogen and oxygen atoms in total. The van der Waals surface area contributed by atoms with Crippen LogP contribution in [0.15, 0.2) is 16.3 Å². The number of thiophene rings is 1. The number of carbonyl (C=O) groups is 1. The molecule has 1 aliphatic rings. The Bertz CT molecular complexity index is 342. The molecule has 0 N–H and O–H groups in total. The third kappa shape index (κ3) is 2.96. The van der Waals surface area contributed by atoms with E-state index in [1.54, 1.807) is 6.07 Å². The van der Waals surface area contributed by atoms with Gasteiger partial charge in [-0.3, -0.25) is 0 Å². The maximum absolute atomic E-state index is 11.5. The molecule has 1 saturated heterocycles. The van der Waals surface area contributed by atoms with Gasteiger partial charge >= 0.3 is 5.97 Å². The summed E-state index contributed by atoms with van der Waals surface area (Å²) < 4.78 is 10.4. The van der Waals surface area contributed by atoms with Gasteiger partial charge in [-0.25, -0.2) is 4.79 Å². The average molecular weight is 244 g/mol. The monoisotopic (exact) mass is 244 g/mol. The molecule has 5 heteroatoms. The molecule has 1 aliphatic heterocycles. The first-order chi connectivity index (χ1) is 7.25. The lowest BCUT2D eigenvalue weighted by Gasteiger charge is -2.07. The van der Waals surface area contributed by atoms with Gasteiger partial charge in [0.05, 0.1) is 13.2 Å². The zero-order valence-electron chi connectivity index (χ0n) is 8.14. The molecule has 15 heavy (non-hydrogen) atoms. The van der Waals surface area contributed by atoms with Crippen LogP contribution in [-0.4, -0.2) is 25.8 Å². The highest BCUT2D eigenvalue weighted by Gasteiger charge is 2.18. The number of ether oxygens (including phenoxy) is 2. The van der Waals surface area contributed by atoms with Gasteiger partial charge in [-0.1, -0.05) is 0 Å². The van der Waals surface area contributed by atoms with Crippen molar-refractivity contribution in [2.24, 2.45) is 5.92 Å². The fraction of sp³-hybridized carbons (Fsp3) is 0.500. The highest BCUT2D eigenvalue weighted by molar-refractivity contribution is 7.80.